The van der Waals surface area contributed by atoms with Crippen LogP contribution in [0.4, 0.5) is 17.5 Å². The van der Waals surface area contributed by atoms with Gasteiger partial charge in [0.25, 0.3) is 5.91 Å². The molecule has 1 aromatic heterocycles. The van der Waals surface area contributed by atoms with E-state index in [9.17, 15) is 4.79 Å². The Labute approximate surface area is 192 Å². The second kappa shape index (κ2) is 9.86. The zero-order valence-electron chi connectivity index (χ0n) is 18.3. The zero-order valence-corrected chi connectivity index (χ0v) is 18.3. The largest absolute Gasteiger partial charge is 0.497 e. The first-order chi connectivity index (χ1) is 16.0. The van der Waals surface area contributed by atoms with Crippen molar-refractivity contribution in [1.82, 2.24) is 15.3 Å². The van der Waals surface area contributed by atoms with E-state index in [1.807, 2.05) is 24.3 Å². The summed E-state index contributed by atoms with van der Waals surface area (Å²) < 4.78 is 5.17. The van der Waals surface area contributed by atoms with Gasteiger partial charge in [0.1, 0.15) is 11.6 Å². The number of benzene rings is 3. The Morgan fingerprint density at radius 2 is 1.76 bits per heavy atom. The van der Waals surface area contributed by atoms with Gasteiger partial charge in [-0.3, -0.25) is 4.79 Å². The molecule has 0 radical (unpaired) electrons. The van der Waals surface area contributed by atoms with Crippen LogP contribution in [0.3, 0.4) is 0 Å². The highest BCUT2D eigenvalue weighted by Gasteiger charge is 2.07. The first-order valence-corrected chi connectivity index (χ1v) is 10.6. The molecule has 1 heterocycles. The Bertz CT molecular complexity index is 1270. The summed E-state index contributed by atoms with van der Waals surface area (Å²) in [6, 6.07) is 21.1. The minimum Gasteiger partial charge on any atom is -0.497 e. The van der Waals surface area contributed by atoms with E-state index in [-0.39, 0.29) is 11.9 Å². The lowest BCUT2D eigenvalue weighted by Gasteiger charge is -2.10. The average molecular weight is 443 g/mol. The fourth-order valence-corrected chi connectivity index (χ4v) is 3.50. The van der Waals surface area contributed by atoms with Crippen LogP contribution in [0.2, 0.25) is 0 Å². The highest BCUT2D eigenvalue weighted by atomic mass is 16.5. The predicted octanol–water partition coefficient (Wildman–Crippen LogP) is 3.39. The Kier molecular flexibility index (Phi) is 6.54. The lowest BCUT2D eigenvalue weighted by molar-refractivity contribution is 0.0954. The van der Waals surface area contributed by atoms with Crippen molar-refractivity contribution in [2.24, 2.45) is 0 Å². The zero-order chi connectivity index (χ0) is 23.2. The summed E-state index contributed by atoms with van der Waals surface area (Å²) in [5, 5.41) is 7.10. The number of methoxy groups -OCH3 is 1. The molecule has 8 nitrogen and oxygen atoms in total. The molecule has 33 heavy (non-hydrogen) atoms. The quantitative estimate of drug-likeness (QED) is 0.329. The Balaban J connectivity index is 1.28. The van der Waals surface area contributed by atoms with Gasteiger partial charge < -0.3 is 26.8 Å². The van der Waals surface area contributed by atoms with E-state index in [0.717, 1.165) is 28.6 Å². The normalized spacial score (nSPS) is 10.7. The van der Waals surface area contributed by atoms with Gasteiger partial charge >= 0.3 is 0 Å². The highest BCUT2D eigenvalue weighted by Crippen LogP contribution is 2.23. The molecule has 0 atom stereocenters. The standard InChI is InChI=1S/C25H26N6O2/c1-33-20-4-2-3-18(13-20)24(32)28-12-11-16-5-7-17(8-6-16)15-29-19-9-10-22-21(14-19)23(26)31-25(27)30-22/h2-10,13-14,29H,11-12,15H2,1H3,(H,28,32)(H4,26,27,30,31). The summed E-state index contributed by atoms with van der Waals surface area (Å²) in [7, 11) is 1.58. The van der Waals surface area contributed by atoms with Crippen LogP contribution in [-0.4, -0.2) is 29.5 Å². The van der Waals surface area contributed by atoms with Gasteiger partial charge in [-0.2, -0.15) is 4.98 Å². The van der Waals surface area contributed by atoms with Crippen molar-refractivity contribution in [1.29, 1.82) is 0 Å². The molecule has 0 fully saturated rings. The predicted molar refractivity (Wildman–Crippen MR) is 131 cm³/mol. The first kappa shape index (κ1) is 21.9. The van der Waals surface area contributed by atoms with E-state index in [2.05, 4.69) is 44.9 Å². The summed E-state index contributed by atoms with van der Waals surface area (Å²) in [4.78, 5) is 20.5. The number of fused-ring (bicyclic) bond motifs is 1. The van der Waals surface area contributed by atoms with Crippen LogP contribution in [0.1, 0.15) is 21.5 Å². The maximum Gasteiger partial charge on any atom is 0.251 e. The van der Waals surface area contributed by atoms with E-state index in [1.165, 1.54) is 0 Å². The number of hydrogen-bond acceptors (Lipinski definition) is 7. The molecule has 0 bridgehead atoms. The molecule has 0 aliphatic carbocycles. The fourth-order valence-electron chi connectivity index (χ4n) is 3.50. The molecule has 6 N–H and O–H groups in total. The lowest BCUT2D eigenvalue weighted by Crippen LogP contribution is -2.25. The van der Waals surface area contributed by atoms with Gasteiger partial charge in [0.2, 0.25) is 5.95 Å². The van der Waals surface area contributed by atoms with E-state index >= 15 is 0 Å². The van der Waals surface area contributed by atoms with Gasteiger partial charge in [-0.25, -0.2) is 4.98 Å². The van der Waals surface area contributed by atoms with Gasteiger partial charge in [0.15, 0.2) is 0 Å². The minimum absolute atomic E-state index is 0.112. The summed E-state index contributed by atoms with van der Waals surface area (Å²) in [5.41, 5.74) is 16.1. The molecule has 0 saturated carbocycles. The number of carbonyl (C=O) groups excluding carboxylic acids is 1. The van der Waals surface area contributed by atoms with Crippen molar-refractivity contribution < 1.29 is 9.53 Å². The molecular formula is C25H26N6O2. The number of nitrogen functional groups attached to an aromatic ring is 2. The highest BCUT2D eigenvalue weighted by molar-refractivity contribution is 5.94. The molecule has 1 amide bonds. The van der Waals surface area contributed by atoms with Crippen LogP contribution < -0.4 is 26.8 Å². The SMILES string of the molecule is COc1cccc(C(=O)NCCc2ccc(CNc3ccc4nc(N)nc(N)c4c3)cc2)c1. The molecule has 3 aromatic carbocycles. The number of nitrogens with two attached hydrogens (primary N) is 2. The number of ether oxygens (including phenoxy) is 1. The molecule has 4 rings (SSSR count). The Morgan fingerprint density at radius 1 is 0.970 bits per heavy atom. The third kappa shape index (κ3) is 5.48. The number of nitrogens with one attached hydrogen (secondary N) is 2. The topological polar surface area (TPSA) is 128 Å². The fraction of sp³-hybridized carbons (Fsp3) is 0.160. The van der Waals surface area contributed by atoms with E-state index in [0.29, 0.717) is 35.7 Å². The van der Waals surface area contributed by atoms with Gasteiger partial charge in [0.05, 0.1) is 12.6 Å². The molecule has 4 aromatic rings. The van der Waals surface area contributed by atoms with Gasteiger partial charge in [-0.15, -0.1) is 0 Å². The van der Waals surface area contributed by atoms with E-state index < -0.39 is 0 Å². The first-order valence-electron chi connectivity index (χ1n) is 10.6. The van der Waals surface area contributed by atoms with Crippen LogP contribution in [-0.2, 0) is 13.0 Å². The molecule has 8 heteroatoms. The summed E-state index contributed by atoms with van der Waals surface area (Å²) in [6.45, 7) is 1.22. The second-order valence-electron chi connectivity index (χ2n) is 7.61. The van der Waals surface area contributed by atoms with E-state index in [1.54, 1.807) is 25.3 Å². The number of hydrogen-bond donors (Lipinski definition) is 4. The van der Waals surface area contributed by atoms with Crippen molar-refractivity contribution >= 4 is 34.3 Å². The van der Waals surface area contributed by atoms with Gasteiger partial charge in [-0.05, 0) is 53.9 Å². The Hall–Kier alpha value is -4.33. The minimum atomic E-state index is -0.112. The summed E-state index contributed by atoms with van der Waals surface area (Å²) >= 11 is 0. The number of carbonyl (C=O) groups is 1. The molecular weight excluding hydrogens is 416 g/mol. The third-order valence-corrected chi connectivity index (χ3v) is 5.29. The Morgan fingerprint density at radius 3 is 2.55 bits per heavy atom. The molecule has 0 aliphatic rings. The van der Waals surface area contributed by atoms with Crippen LogP contribution >= 0.6 is 0 Å². The van der Waals surface area contributed by atoms with Crippen molar-refractivity contribution in [3.63, 3.8) is 0 Å². The lowest BCUT2D eigenvalue weighted by atomic mass is 10.1. The maximum absolute atomic E-state index is 12.3. The summed E-state index contributed by atoms with van der Waals surface area (Å²) in [6.07, 6.45) is 0.747. The molecule has 0 saturated heterocycles. The summed E-state index contributed by atoms with van der Waals surface area (Å²) in [5.74, 6) is 1.08. The van der Waals surface area contributed by atoms with Crippen LogP contribution in [0.15, 0.2) is 66.7 Å². The smallest absolute Gasteiger partial charge is 0.251 e. The third-order valence-electron chi connectivity index (χ3n) is 5.29. The maximum atomic E-state index is 12.3. The monoisotopic (exact) mass is 442 g/mol. The van der Waals surface area contributed by atoms with Crippen LogP contribution in [0.5, 0.6) is 5.75 Å². The van der Waals surface area contributed by atoms with Crippen molar-refractivity contribution in [2.45, 2.75) is 13.0 Å². The number of rotatable bonds is 8. The van der Waals surface area contributed by atoms with Crippen molar-refractivity contribution in [3.05, 3.63) is 83.4 Å². The van der Waals surface area contributed by atoms with E-state index in [4.69, 9.17) is 16.2 Å². The molecule has 0 spiro atoms. The number of amides is 1. The van der Waals surface area contributed by atoms with Gasteiger partial charge in [-0.1, -0.05) is 30.3 Å². The second-order valence-corrected chi connectivity index (χ2v) is 7.61. The molecule has 168 valence electrons. The van der Waals surface area contributed by atoms with Crippen LogP contribution in [0.25, 0.3) is 10.9 Å². The average Bonchev–Trinajstić information content (AvgIpc) is 2.83. The van der Waals surface area contributed by atoms with Crippen molar-refractivity contribution in [3.8, 4) is 5.75 Å². The number of aromatic nitrogens is 2. The van der Waals surface area contributed by atoms with Gasteiger partial charge in [0, 0.05) is 29.7 Å². The molecule has 0 aliphatic heterocycles. The van der Waals surface area contributed by atoms with Crippen LogP contribution in [0, 0.1) is 0 Å². The number of anilines is 3. The number of nitrogens with zero attached hydrogens (tertiary/aromatic N) is 2. The molecule has 0 unspecified atom stereocenters. The van der Waals surface area contributed by atoms with Crippen molar-refractivity contribution in [2.75, 3.05) is 30.4 Å².